The van der Waals surface area contributed by atoms with E-state index in [4.69, 9.17) is 16.3 Å². The first-order valence-corrected chi connectivity index (χ1v) is 8.12. The normalized spacial score (nSPS) is 22.7. The number of esters is 1. The van der Waals surface area contributed by atoms with E-state index in [-0.39, 0.29) is 11.9 Å². The van der Waals surface area contributed by atoms with Crippen LogP contribution in [0.2, 0.25) is 5.02 Å². The second-order valence-corrected chi connectivity index (χ2v) is 6.37. The Kier molecular flexibility index (Phi) is 5.83. The highest BCUT2D eigenvalue weighted by Gasteiger charge is 2.26. The van der Waals surface area contributed by atoms with Crippen molar-refractivity contribution in [1.82, 2.24) is 5.32 Å². The lowest BCUT2D eigenvalue weighted by Gasteiger charge is -2.30. The Hall–Kier alpha value is -1.55. The van der Waals surface area contributed by atoms with Crippen molar-refractivity contribution in [3.05, 3.63) is 34.9 Å². The lowest BCUT2D eigenvalue weighted by molar-refractivity contribution is -0.130. The van der Waals surface area contributed by atoms with Gasteiger partial charge in [0.05, 0.1) is 5.56 Å². The van der Waals surface area contributed by atoms with Gasteiger partial charge in [0.2, 0.25) is 0 Å². The molecule has 0 saturated heterocycles. The highest BCUT2D eigenvalue weighted by molar-refractivity contribution is 6.30. The van der Waals surface area contributed by atoms with Crippen molar-refractivity contribution in [3.63, 3.8) is 0 Å². The number of amides is 1. The number of hydrogen-bond acceptors (Lipinski definition) is 3. The molecule has 0 radical (unpaired) electrons. The molecule has 1 N–H and O–H groups in total. The molecule has 22 heavy (non-hydrogen) atoms. The molecule has 1 aliphatic carbocycles. The summed E-state index contributed by atoms with van der Waals surface area (Å²) in [6, 6.07) is 6.67. The summed E-state index contributed by atoms with van der Waals surface area (Å²) in [4.78, 5) is 24.2. The van der Waals surface area contributed by atoms with Gasteiger partial charge >= 0.3 is 5.97 Å². The Bertz CT molecular complexity index is 546. The fourth-order valence-electron chi connectivity index (χ4n) is 2.73. The van der Waals surface area contributed by atoms with Gasteiger partial charge in [0, 0.05) is 11.1 Å². The van der Waals surface area contributed by atoms with Crippen molar-refractivity contribution >= 4 is 23.5 Å². The molecule has 0 unspecified atom stereocenters. The molecule has 0 bridgehead atoms. The monoisotopic (exact) mass is 323 g/mol. The third-order valence-corrected chi connectivity index (χ3v) is 4.39. The van der Waals surface area contributed by atoms with E-state index in [0.717, 1.165) is 19.3 Å². The van der Waals surface area contributed by atoms with Crippen LogP contribution in [-0.2, 0) is 9.53 Å². The fourth-order valence-corrected chi connectivity index (χ4v) is 2.92. The summed E-state index contributed by atoms with van der Waals surface area (Å²) < 4.78 is 5.22. The largest absolute Gasteiger partial charge is 0.449 e. The topological polar surface area (TPSA) is 55.4 Å². The maximum atomic E-state index is 12.2. The molecule has 3 atom stereocenters. The molecule has 1 amide bonds. The summed E-state index contributed by atoms with van der Waals surface area (Å²) in [5, 5.41) is 3.46. The number of ether oxygens (including phenoxy) is 1. The fraction of sp³-hybridized carbons (Fsp3) is 0.529. The smallest absolute Gasteiger partial charge is 0.338 e. The molecule has 1 aromatic carbocycles. The Morgan fingerprint density at radius 3 is 2.73 bits per heavy atom. The van der Waals surface area contributed by atoms with Crippen molar-refractivity contribution in [3.8, 4) is 0 Å². The standard InChI is InChI=1S/C17H22ClNO3/c1-11-6-3-4-9-15(11)19-16(20)12(2)22-17(21)13-7-5-8-14(18)10-13/h5,7-8,10-12,15H,3-4,6,9H2,1-2H3,(H,19,20)/t11-,12-,15+/m1/s1. The van der Waals surface area contributed by atoms with Crippen LogP contribution in [0, 0.1) is 5.92 Å². The van der Waals surface area contributed by atoms with E-state index >= 15 is 0 Å². The number of nitrogens with one attached hydrogen (secondary N) is 1. The van der Waals surface area contributed by atoms with E-state index in [1.807, 2.05) is 0 Å². The summed E-state index contributed by atoms with van der Waals surface area (Å²) in [5.74, 6) is -0.315. The summed E-state index contributed by atoms with van der Waals surface area (Å²) in [5.41, 5.74) is 0.346. The van der Waals surface area contributed by atoms with E-state index in [0.29, 0.717) is 16.5 Å². The van der Waals surface area contributed by atoms with Gasteiger partial charge in [-0.15, -0.1) is 0 Å². The summed E-state index contributed by atoms with van der Waals surface area (Å²) >= 11 is 5.85. The van der Waals surface area contributed by atoms with Crippen LogP contribution in [-0.4, -0.2) is 24.0 Å². The minimum absolute atomic E-state index is 0.175. The Morgan fingerprint density at radius 2 is 2.05 bits per heavy atom. The first-order chi connectivity index (χ1) is 10.5. The number of benzene rings is 1. The number of carbonyl (C=O) groups is 2. The van der Waals surface area contributed by atoms with E-state index in [9.17, 15) is 9.59 Å². The Morgan fingerprint density at radius 1 is 1.32 bits per heavy atom. The maximum absolute atomic E-state index is 12.2. The lowest BCUT2D eigenvalue weighted by atomic mass is 9.86. The first kappa shape index (κ1) is 16.8. The van der Waals surface area contributed by atoms with Crippen LogP contribution in [0.3, 0.4) is 0 Å². The van der Waals surface area contributed by atoms with Crippen LogP contribution in [0.5, 0.6) is 0 Å². The second-order valence-electron chi connectivity index (χ2n) is 5.93. The molecule has 2 rings (SSSR count). The summed E-state index contributed by atoms with van der Waals surface area (Å²) in [6.07, 6.45) is 3.64. The molecule has 1 fully saturated rings. The van der Waals surface area contributed by atoms with Gasteiger partial charge in [-0.1, -0.05) is 37.4 Å². The molecule has 5 heteroatoms. The predicted molar refractivity (Wildman–Crippen MR) is 85.9 cm³/mol. The molecule has 1 aliphatic rings. The van der Waals surface area contributed by atoms with Crippen LogP contribution in [0.1, 0.15) is 49.9 Å². The predicted octanol–water partition coefficient (Wildman–Crippen LogP) is 3.58. The van der Waals surface area contributed by atoms with Crippen molar-refractivity contribution in [2.45, 2.75) is 51.7 Å². The van der Waals surface area contributed by atoms with E-state index < -0.39 is 12.1 Å². The molecule has 0 spiro atoms. The maximum Gasteiger partial charge on any atom is 0.338 e. The van der Waals surface area contributed by atoms with E-state index in [1.54, 1.807) is 25.1 Å². The average molecular weight is 324 g/mol. The minimum atomic E-state index is -0.819. The third-order valence-electron chi connectivity index (χ3n) is 4.15. The molecular formula is C17H22ClNO3. The molecule has 0 heterocycles. The quantitative estimate of drug-likeness (QED) is 0.862. The minimum Gasteiger partial charge on any atom is -0.449 e. The van der Waals surface area contributed by atoms with Gasteiger partial charge < -0.3 is 10.1 Å². The average Bonchev–Trinajstić information content (AvgIpc) is 2.49. The lowest BCUT2D eigenvalue weighted by Crippen LogP contribution is -2.45. The van der Waals surface area contributed by atoms with Crippen molar-refractivity contribution in [1.29, 1.82) is 0 Å². The molecule has 0 aliphatic heterocycles. The number of carbonyl (C=O) groups excluding carboxylic acids is 2. The van der Waals surface area contributed by atoms with Gasteiger partial charge in [-0.2, -0.15) is 0 Å². The van der Waals surface area contributed by atoms with Gasteiger partial charge in [0.25, 0.3) is 5.91 Å². The van der Waals surface area contributed by atoms with Gasteiger partial charge in [-0.25, -0.2) is 4.79 Å². The molecule has 1 saturated carbocycles. The summed E-state index contributed by atoms with van der Waals surface area (Å²) in [6.45, 7) is 3.73. The molecule has 0 aromatic heterocycles. The molecular weight excluding hydrogens is 302 g/mol. The first-order valence-electron chi connectivity index (χ1n) is 7.74. The Balaban J connectivity index is 1.89. The van der Waals surface area contributed by atoms with Crippen LogP contribution < -0.4 is 5.32 Å². The van der Waals surface area contributed by atoms with E-state index in [2.05, 4.69) is 12.2 Å². The SMILES string of the molecule is C[C@@H]1CCCC[C@@H]1NC(=O)[C@@H](C)OC(=O)c1cccc(Cl)c1. The zero-order valence-electron chi connectivity index (χ0n) is 13.0. The zero-order chi connectivity index (χ0) is 16.1. The van der Waals surface area contributed by atoms with Crippen LogP contribution in [0.15, 0.2) is 24.3 Å². The van der Waals surface area contributed by atoms with Crippen molar-refractivity contribution in [2.24, 2.45) is 5.92 Å². The van der Waals surface area contributed by atoms with Crippen LogP contribution in [0.25, 0.3) is 0 Å². The highest BCUT2D eigenvalue weighted by atomic mass is 35.5. The molecule has 4 nitrogen and oxygen atoms in total. The number of halogens is 1. The highest BCUT2D eigenvalue weighted by Crippen LogP contribution is 2.23. The second kappa shape index (κ2) is 7.63. The molecule has 1 aromatic rings. The molecule has 120 valence electrons. The van der Waals surface area contributed by atoms with Gasteiger partial charge in [0.15, 0.2) is 6.10 Å². The van der Waals surface area contributed by atoms with Gasteiger partial charge in [-0.05, 0) is 43.9 Å². The van der Waals surface area contributed by atoms with Crippen LogP contribution in [0.4, 0.5) is 0 Å². The third kappa shape index (κ3) is 4.47. The van der Waals surface area contributed by atoms with Gasteiger partial charge in [0.1, 0.15) is 0 Å². The number of hydrogen-bond donors (Lipinski definition) is 1. The zero-order valence-corrected chi connectivity index (χ0v) is 13.7. The summed E-state index contributed by atoms with van der Waals surface area (Å²) in [7, 11) is 0. The van der Waals surface area contributed by atoms with Crippen molar-refractivity contribution < 1.29 is 14.3 Å². The Labute approximate surface area is 136 Å². The van der Waals surface area contributed by atoms with E-state index in [1.165, 1.54) is 12.5 Å². The van der Waals surface area contributed by atoms with Crippen molar-refractivity contribution in [2.75, 3.05) is 0 Å². The van der Waals surface area contributed by atoms with Crippen LogP contribution >= 0.6 is 11.6 Å². The van der Waals surface area contributed by atoms with Gasteiger partial charge in [-0.3, -0.25) is 4.79 Å². The number of rotatable bonds is 4.